The van der Waals surface area contributed by atoms with Crippen molar-refractivity contribution < 1.29 is 9.18 Å². The second-order valence-electron chi connectivity index (χ2n) is 3.88. The Kier molecular flexibility index (Phi) is 4.53. The molecule has 2 aromatic rings. The van der Waals surface area contributed by atoms with Crippen molar-refractivity contribution in [3.63, 3.8) is 0 Å². The van der Waals surface area contributed by atoms with Gasteiger partial charge in [0.05, 0.1) is 22.9 Å². The lowest BCUT2D eigenvalue weighted by Crippen LogP contribution is -2.13. The van der Waals surface area contributed by atoms with Gasteiger partial charge in [-0.3, -0.25) is 4.79 Å². The topological polar surface area (TPSA) is 52.9 Å². The van der Waals surface area contributed by atoms with Gasteiger partial charge in [0.2, 0.25) is 0 Å². The summed E-state index contributed by atoms with van der Waals surface area (Å²) < 4.78 is 14.3. The number of anilines is 1. The lowest BCUT2D eigenvalue weighted by Gasteiger charge is -2.09. The van der Waals surface area contributed by atoms with Crippen LogP contribution in [0.5, 0.6) is 0 Å². The first-order chi connectivity index (χ1) is 9.51. The quantitative estimate of drug-likeness (QED) is 0.812. The molecule has 0 aromatic heterocycles. The van der Waals surface area contributed by atoms with Crippen molar-refractivity contribution in [3.8, 4) is 6.07 Å². The average Bonchev–Trinajstić information content (AvgIpc) is 2.43. The number of rotatable bonds is 2. The highest BCUT2D eigenvalue weighted by molar-refractivity contribution is 9.11. The molecule has 0 radical (unpaired) electrons. The van der Waals surface area contributed by atoms with Crippen molar-refractivity contribution in [1.82, 2.24) is 0 Å². The number of benzene rings is 2. The van der Waals surface area contributed by atoms with E-state index in [-0.39, 0.29) is 5.56 Å². The molecule has 6 heteroatoms. The van der Waals surface area contributed by atoms with Crippen molar-refractivity contribution >= 4 is 43.5 Å². The minimum atomic E-state index is -0.489. The molecule has 0 saturated carbocycles. The molecule has 0 heterocycles. The minimum Gasteiger partial charge on any atom is -0.321 e. The molecular formula is C14H7Br2FN2O. The fourth-order valence-corrected chi connectivity index (χ4v) is 2.45. The number of nitriles is 1. The minimum absolute atomic E-state index is 0.196. The van der Waals surface area contributed by atoms with Crippen LogP contribution in [0.2, 0.25) is 0 Å². The molecule has 0 atom stereocenters. The lowest BCUT2D eigenvalue weighted by atomic mass is 10.2. The third-order valence-electron chi connectivity index (χ3n) is 2.52. The van der Waals surface area contributed by atoms with Crippen LogP contribution in [0.25, 0.3) is 0 Å². The first-order valence-corrected chi connectivity index (χ1v) is 7.06. The number of halogens is 3. The molecule has 0 spiro atoms. The van der Waals surface area contributed by atoms with Crippen LogP contribution in [0.4, 0.5) is 10.1 Å². The van der Waals surface area contributed by atoms with E-state index < -0.39 is 11.7 Å². The van der Waals surface area contributed by atoms with E-state index in [1.807, 2.05) is 6.07 Å². The largest absolute Gasteiger partial charge is 0.321 e. The molecule has 0 aliphatic heterocycles. The Balaban J connectivity index is 2.28. The zero-order valence-electron chi connectivity index (χ0n) is 9.95. The van der Waals surface area contributed by atoms with E-state index in [9.17, 15) is 9.18 Å². The molecule has 0 fully saturated rings. The maximum Gasteiger partial charge on any atom is 0.256 e. The van der Waals surface area contributed by atoms with Gasteiger partial charge in [0.25, 0.3) is 5.91 Å². The van der Waals surface area contributed by atoms with Crippen LogP contribution in [0.15, 0.2) is 45.3 Å². The van der Waals surface area contributed by atoms with E-state index in [1.165, 1.54) is 12.1 Å². The van der Waals surface area contributed by atoms with Gasteiger partial charge in [-0.15, -0.1) is 0 Å². The maximum absolute atomic E-state index is 13.2. The Labute approximate surface area is 131 Å². The first kappa shape index (κ1) is 14.7. The summed E-state index contributed by atoms with van der Waals surface area (Å²) in [5, 5.41) is 11.4. The Morgan fingerprint density at radius 2 is 1.90 bits per heavy atom. The van der Waals surface area contributed by atoms with Gasteiger partial charge in [-0.1, -0.05) is 0 Å². The molecule has 3 nitrogen and oxygen atoms in total. The van der Waals surface area contributed by atoms with Crippen molar-refractivity contribution in [2.45, 2.75) is 0 Å². The number of amides is 1. The van der Waals surface area contributed by atoms with E-state index in [4.69, 9.17) is 5.26 Å². The summed E-state index contributed by atoms with van der Waals surface area (Å²) in [5.74, 6) is -0.931. The smallest absolute Gasteiger partial charge is 0.256 e. The summed E-state index contributed by atoms with van der Waals surface area (Å²) >= 11 is 6.47. The van der Waals surface area contributed by atoms with Gasteiger partial charge >= 0.3 is 0 Å². The first-order valence-electron chi connectivity index (χ1n) is 5.47. The fourth-order valence-electron chi connectivity index (χ4n) is 1.55. The molecule has 0 aliphatic rings. The Morgan fingerprint density at radius 1 is 1.15 bits per heavy atom. The number of nitrogens with one attached hydrogen (secondary N) is 1. The molecule has 1 amide bonds. The molecule has 2 rings (SSSR count). The molecule has 1 N–H and O–H groups in total. The average molecular weight is 398 g/mol. The van der Waals surface area contributed by atoms with Crippen molar-refractivity contribution in [1.29, 1.82) is 5.26 Å². The molecule has 20 heavy (non-hydrogen) atoms. The van der Waals surface area contributed by atoms with E-state index in [1.54, 1.807) is 18.2 Å². The van der Waals surface area contributed by atoms with Crippen molar-refractivity contribution in [2.75, 3.05) is 5.32 Å². The summed E-state index contributed by atoms with van der Waals surface area (Å²) in [7, 11) is 0. The summed E-state index contributed by atoms with van der Waals surface area (Å²) in [6.45, 7) is 0. The van der Waals surface area contributed by atoms with Crippen LogP contribution in [-0.2, 0) is 0 Å². The number of nitrogens with zero attached hydrogens (tertiary/aromatic N) is 1. The molecule has 0 aliphatic carbocycles. The van der Waals surface area contributed by atoms with Gasteiger partial charge in [-0.05, 0) is 68.3 Å². The van der Waals surface area contributed by atoms with Gasteiger partial charge in [-0.25, -0.2) is 4.39 Å². The summed E-state index contributed by atoms with van der Waals surface area (Å²) in [5.41, 5.74) is 1.17. The predicted octanol–water partition coefficient (Wildman–Crippen LogP) is 4.47. The molecule has 100 valence electrons. The number of hydrogen-bond donors (Lipinski definition) is 1. The van der Waals surface area contributed by atoms with Crippen LogP contribution in [0.3, 0.4) is 0 Å². The van der Waals surface area contributed by atoms with Gasteiger partial charge in [-0.2, -0.15) is 5.26 Å². The van der Waals surface area contributed by atoms with Crippen LogP contribution in [-0.4, -0.2) is 5.91 Å². The molecular weight excluding hydrogens is 391 g/mol. The van der Waals surface area contributed by atoms with Crippen molar-refractivity contribution in [2.24, 2.45) is 0 Å². The zero-order valence-corrected chi connectivity index (χ0v) is 13.1. The molecule has 2 aromatic carbocycles. The van der Waals surface area contributed by atoms with Gasteiger partial charge < -0.3 is 5.32 Å². The number of carbonyl (C=O) groups is 1. The Hall–Kier alpha value is -1.71. The van der Waals surface area contributed by atoms with Crippen LogP contribution < -0.4 is 5.32 Å². The lowest BCUT2D eigenvalue weighted by molar-refractivity contribution is 0.102. The second kappa shape index (κ2) is 6.16. The Morgan fingerprint density at radius 3 is 2.55 bits per heavy atom. The zero-order chi connectivity index (χ0) is 14.7. The highest BCUT2D eigenvalue weighted by Gasteiger charge is 2.13. The maximum atomic E-state index is 13.2. The fraction of sp³-hybridized carbons (Fsp3) is 0. The molecule has 0 unspecified atom stereocenters. The van der Waals surface area contributed by atoms with E-state index in [0.29, 0.717) is 20.2 Å². The second-order valence-corrected chi connectivity index (χ2v) is 5.59. The summed E-state index contributed by atoms with van der Waals surface area (Å²) in [6.07, 6.45) is 0. The van der Waals surface area contributed by atoms with E-state index in [2.05, 4.69) is 37.2 Å². The third kappa shape index (κ3) is 3.24. The monoisotopic (exact) mass is 396 g/mol. The van der Waals surface area contributed by atoms with Crippen LogP contribution in [0, 0.1) is 17.1 Å². The predicted molar refractivity (Wildman–Crippen MR) is 80.9 cm³/mol. The molecule has 0 saturated heterocycles. The summed E-state index contributed by atoms with van der Waals surface area (Å²) in [6, 6.07) is 10.7. The number of hydrogen-bond acceptors (Lipinski definition) is 2. The number of carbonyl (C=O) groups excluding carboxylic acids is 1. The van der Waals surface area contributed by atoms with Crippen LogP contribution in [0.1, 0.15) is 15.9 Å². The Bertz CT molecular complexity index is 726. The van der Waals surface area contributed by atoms with Gasteiger partial charge in [0.15, 0.2) is 0 Å². The standard InChI is InChI=1S/C14H7Br2FN2O/c15-11-3-2-9(17)6-10(11)14(20)19-13-4-1-8(7-18)5-12(13)16/h1-6H,(H,19,20). The SMILES string of the molecule is N#Cc1ccc(NC(=O)c2cc(F)ccc2Br)c(Br)c1. The van der Waals surface area contributed by atoms with Crippen LogP contribution >= 0.6 is 31.9 Å². The third-order valence-corrected chi connectivity index (χ3v) is 3.87. The van der Waals surface area contributed by atoms with Gasteiger partial charge in [0.1, 0.15) is 5.82 Å². The van der Waals surface area contributed by atoms with Crippen molar-refractivity contribution in [3.05, 3.63) is 62.3 Å². The highest BCUT2D eigenvalue weighted by Crippen LogP contribution is 2.25. The highest BCUT2D eigenvalue weighted by atomic mass is 79.9. The van der Waals surface area contributed by atoms with Gasteiger partial charge in [0, 0.05) is 8.95 Å². The van der Waals surface area contributed by atoms with E-state index in [0.717, 1.165) is 6.07 Å². The summed E-state index contributed by atoms with van der Waals surface area (Å²) in [4.78, 5) is 12.1. The normalized spacial score (nSPS) is 9.90. The molecule has 0 bridgehead atoms. The van der Waals surface area contributed by atoms with E-state index >= 15 is 0 Å².